The SMILES string of the molecule is Cc1cc([N+](=O)[O-])ccc1NC(NC(=O)N(C)C)C(Cl)(Cl)Cl. The molecule has 2 amide bonds. The molecule has 1 atom stereocenters. The monoisotopic (exact) mass is 368 g/mol. The van der Waals surface area contributed by atoms with Crippen LogP contribution in [0.1, 0.15) is 5.56 Å². The van der Waals surface area contributed by atoms with Crippen molar-refractivity contribution in [1.82, 2.24) is 10.2 Å². The third-order valence-corrected chi connectivity index (χ3v) is 3.38. The normalized spacial score (nSPS) is 12.5. The van der Waals surface area contributed by atoms with Gasteiger partial charge in [0.05, 0.1) is 4.92 Å². The molecule has 0 aliphatic heterocycles. The average Bonchev–Trinajstić information content (AvgIpc) is 2.38. The van der Waals surface area contributed by atoms with E-state index in [1.54, 1.807) is 21.0 Å². The summed E-state index contributed by atoms with van der Waals surface area (Å²) in [7, 11) is 3.09. The molecule has 0 spiro atoms. The number of carbonyl (C=O) groups is 1. The Morgan fingerprint density at radius 3 is 2.36 bits per heavy atom. The molecule has 1 aromatic rings. The molecule has 0 saturated carbocycles. The lowest BCUT2D eigenvalue weighted by atomic mass is 10.1. The van der Waals surface area contributed by atoms with Crippen LogP contribution in [0.25, 0.3) is 0 Å². The van der Waals surface area contributed by atoms with Crippen LogP contribution < -0.4 is 10.6 Å². The summed E-state index contributed by atoms with van der Waals surface area (Å²) < 4.78 is -1.82. The first-order chi connectivity index (χ1) is 10.0. The standard InChI is InChI=1S/C12H15Cl3N4O3/c1-7-6-8(19(21)22)4-5-9(7)16-10(12(13,14)15)17-11(20)18(2)3/h4-6,10,16H,1-3H3,(H,17,20). The molecule has 1 rings (SSSR count). The number of nitrogens with one attached hydrogen (secondary N) is 2. The van der Waals surface area contributed by atoms with E-state index >= 15 is 0 Å². The van der Waals surface area contributed by atoms with E-state index in [-0.39, 0.29) is 5.69 Å². The predicted octanol–water partition coefficient (Wildman–Crippen LogP) is 3.28. The summed E-state index contributed by atoms with van der Waals surface area (Å²) in [6.07, 6.45) is -1.02. The highest BCUT2D eigenvalue weighted by Gasteiger charge is 2.34. The summed E-state index contributed by atoms with van der Waals surface area (Å²) in [5.41, 5.74) is 1.03. The van der Waals surface area contributed by atoms with Gasteiger partial charge in [-0.15, -0.1) is 0 Å². The highest BCUT2D eigenvalue weighted by molar-refractivity contribution is 6.68. The number of rotatable bonds is 4. The van der Waals surface area contributed by atoms with E-state index in [0.29, 0.717) is 11.3 Å². The van der Waals surface area contributed by atoms with E-state index < -0.39 is 20.9 Å². The summed E-state index contributed by atoms with van der Waals surface area (Å²) >= 11 is 17.6. The molecule has 2 N–H and O–H groups in total. The maximum atomic E-state index is 11.7. The molecule has 122 valence electrons. The highest BCUT2D eigenvalue weighted by atomic mass is 35.6. The number of nitrogens with zero attached hydrogens (tertiary/aromatic N) is 2. The van der Waals surface area contributed by atoms with Crippen molar-refractivity contribution in [2.45, 2.75) is 16.9 Å². The molecule has 0 heterocycles. The molecule has 22 heavy (non-hydrogen) atoms. The Hall–Kier alpha value is -1.44. The van der Waals surface area contributed by atoms with Crippen LogP contribution in [0.3, 0.4) is 0 Å². The first-order valence-electron chi connectivity index (χ1n) is 6.08. The van der Waals surface area contributed by atoms with Gasteiger partial charge in [-0.25, -0.2) is 4.79 Å². The molecular formula is C12H15Cl3N4O3. The molecule has 0 aliphatic carbocycles. The number of nitro groups is 1. The fourth-order valence-corrected chi connectivity index (χ4v) is 1.86. The summed E-state index contributed by atoms with van der Waals surface area (Å²) in [4.78, 5) is 23.2. The first-order valence-corrected chi connectivity index (χ1v) is 7.22. The van der Waals surface area contributed by atoms with Crippen LogP contribution in [0.2, 0.25) is 0 Å². The molecule has 7 nitrogen and oxygen atoms in total. The van der Waals surface area contributed by atoms with Crippen molar-refractivity contribution in [2.75, 3.05) is 19.4 Å². The van der Waals surface area contributed by atoms with E-state index in [9.17, 15) is 14.9 Å². The fraction of sp³-hybridized carbons (Fsp3) is 0.417. The first kappa shape index (κ1) is 18.6. The van der Waals surface area contributed by atoms with Crippen LogP contribution >= 0.6 is 34.8 Å². The molecule has 10 heteroatoms. The van der Waals surface area contributed by atoms with E-state index in [1.165, 1.54) is 23.1 Å². The highest BCUT2D eigenvalue weighted by Crippen LogP contribution is 2.32. The largest absolute Gasteiger partial charge is 0.362 e. The van der Waals surface area contributed by atoms with Gasteiger partial charge in [-0.1, -0.05) is 34.8 Å². The van der Waals surface area contributed by atoms with Crippen LogP contribution in [-0.4, -0.2) is 39.9 Å². The molecular weight excluding hydrogens is 355 g/mol. The van der Waals surface area contributed by atoms with Crippen LogP contribution in [0.4, 0.5) is 16.2 Å². The third-order valence-electron chi connectivity index (χ3n) is 2.72. The zero-order valence-corrected chi connectivity index (χ0v) is 14.3. The van der Waals surface area contributed by atoms with Gasteiger partial charge in [-0.3, -0.25) is 10.1 Å². The number of non-ortho nitro benzene ring substituents is 1. The van der Waals surface area contributed by atoms with E-state index in [2.05, 4.69) is 10.6 Å². The van der Waals surface area contributed by atoms with E-state index in [0.717, 1.165) is 0 Å². The smallest absolute Gasteiger partial charge is 0.318 e. The lowest BCUT2D eigenvalue weighted by Gasteiger charge is -2.29. The Bertz CT molecular complexity index is 575. The van der Waals surface area contributed by atoms with Gasteiger partial charge < -0.3 is 15.5 Å². The number of anilines is 1. The number of hydrogen-bond donors (Lipinski definition) is 2. The summed E-state index contributed by atoms with van der Waals surface area (Å²) in [5.74, 6) is 0. The minimum atomic E-state index is -1.82. The Balaban J connectivity index is 3.00. The summed E-state index contributed by atoms with van der Waals surface area (Å²) in [6.45, 7) is 1.67. The Labute approximate surface area is 142 Å². The molecule has 1 unspecified atom stereocenters. The molecule has 0 saturated heterocycles. The molecule has 1 aromatic carbocycles. The second kappa shape index (κ2) is 7.21. The number of hydrogen-bond acceptors (Lipinski definition) is 4. The predicted molar refractivity (Wildman–Crippen MR) is 87.8 cm³/mol. The average molecular weight is 370 g/mol. The Morgan fingerprint density at radius 1 is 1.36 bits per heavy atom. The van der Waals surface area contributed by atoms with Gasteiger partial charge in [-0.05, 0) is 18.6 Å². The molecule has 0 aliphatic rings. The number of urea groups is 1. The maximum absolute atomic E-state index is 11.7. The van der Waals surface area contributed by atoms with E-state index in [1.807, 2.05) is 0 Å². The van der Waals surface area contributed by atoms with Crippen LogP contribution in [0.5, 0.6) is 0 Å². The van der Waals surface area contributed by atoms with Crippen LogP contribution in [0, 0.1) is 17.0 Å². The molecule has 0 fully saturated rings. The summed E-state index contributed by atoms with van der Waals surface area (Å²) in [5, 5.41) is 16.1. The fourth-order valence-electron chi connectivity index (χ4n) is 1.53. The van der Waals surface area contributed by atoms with Gasteiger partial charge >= 0.3 is 6.03 Å². The van der Waals surface area contributed by atoms with Crippen molar-refractivity contribution in [3.8, 4) is 0 Å². The Morgan fingerprint density at radius 2 is 1.95 bits per heavy atom. The van der Waals surface area contributed by atoms with Crippen molar-refractivity contribution < 1.29 is 9.72 Å². The minimum absolute atomic E-state index is 0.0502. The third kappa shape index (κ3) is 5.08. The number of benzene rings is 1. The number of nitro benzene ring substituents is 1. The molecule has 0 bridgehead atoms. The van der Waals surface area contributed by atoms with Crippen molar-refractivity contribution in [3.05, 3.63) is 33.9 Å². The summed E-state index contributed by atoms with van der Waals surface area (Å²) in [6, 6.07) is 3.73. The number of amides is 2. The zero-order chi connectivity index (χ0) is 17.1. The Kier molecular flexibility index (Phi) is 6.10. The van der Waals surface area contributed by atoms with Gasteiger partial charge in [0.1, 0.15) is 6.17 Å². The molecule has 0 aromatic heterocycles. The van der Waals surface area contributed by atoms with Crippen molar-refractivity contribution >= 4 is 52.2 Å². The number of carbonyl (C=O) groups excluding carboxylic acids is 1. The second-order valence-electron chi connectivity index (χ2n) is 4.72. The molecule has 0 radical (unpaired) electrons. The van der Waals surface area contributed by atoms with E-state index in [4.69, 9.17) is 34.8 Å². The van der Waals surface area contributed by atoms with Gasteiger partial charge in [-0.2, -0.15) is 0 Å². The lowest BCUT2D eigenvalue weighted by molar-refractivity contribution is -0.384. The van der Waals surface area contributed by atoms with Gasteiger partial charge in [0.25, 0.3) is 5.69 Å². The van der Waals surface area contributed by atoms with Gasteiger partial charge in [0, 0.05) is 31.9 Å². The maximum Gasteiger partial charge on any atom is 0.318 e. The number of halogens is 3. The lowest BCUT2D eigenvalue weighted by Crippen LogP contribution is -2.52. The van der Waals surface area contributed by atoms with Gasteiger partial charge in [0.2, 0.25) is 3.79 Å². The topological polar surface area (TPSA) is 87.5 Å². The van der Waals surface area contributed by atoms with Crippen LogP contribution in [-0.2, 0) is 0 Å². The quantitative estimate of drug-likeness (QED) is 0.369. The zero-order valence-electron chi connectivity index (χ0n) is 12.1. The van der Waals surface area contributed by atoms with Crippen molar-refractivity contribution in [3.63, 3.8) is 0 Å². The number of alkyl halides is 3. The number of aryl methyl sites for hydroxylation is 1. The van der Waals surface area contributed by atoms with Gasteiger partial charge in [0.15, 0.2) is 0 Å². The second-order valence-corrected chi connectivity index (χ2v) is 7.09. The van der Waals surface area contributed by atoms with Crippen molar-refractivity contribution in [1.29, 1.82) is 0 Å². The van der Waals surface area contributed by atoms with Crippen molar-refractivity contribution in [2.24, 2.45) is 0 Å². The minimum Gasteiger partial charge on any atom is -0.362 e. The van der Waals surface area contributed by atoms with Crippen LogP contribution in [0.15, 0.2) is 18.2 Å².